The number of hydrogen-bond donors (Lipinski definition) is 1. The summed E-state index contributed by atoms with van der Waals surface area (Å²) < 4.78 is 6.16. The molecule has 2 aliphatic heterocycles. The summed E-state index contributed by atoms with van der Waals surface area (Å²) >= 11 is 5.87. The molecule has 3 heterocycles. The molecule has 1 N–H and O–H groups in total. The van der Waals surface area contributed by atoms with Crippen LogP contribution in [0.25, 0.3) is 0 Å². The van der Waals surface area contributed by atoms with Gasteiger partial charge in [0.25, 0.3) is 5.56 Å². The van der Waals surface area contributed by atoms with Crippen LogP contribution < -0.4 is 5.56 Å². The number of carbonyl (C=O) groups excluding carboxylic acids is 2. The first-order valence-corrected chi connectivity index (χ1v) is 6.69. The van der Waals surface area contributed by atoms with Crippen molar-refractivity contribution in [1.82, 2.24) is 4.57 Å². The molecule has 0 fully saturated rings. The van der Waals surface area contributed by atoms with Gasteiger partial charge in [-0.15, -0.1) is 11.6 Å². The quantitative estimate of drug-likeness (QED) is 0.595. The number of cyclic esters (lactones) is 1. The van der Waals surface area contributed by atoms with Crippen LogP contribution in [0.5, 0.6) is 0 Å². The van der Waals surface area contributed by atoms with Gasteiger partial charge in [-0.25, -0.2) is 4.79 Å². The van der Waals surface area contributed by atoms with E-state index >= 15 is 0 Å². The van der Waals surface area contributed by atoms with Crippen LogP contribution in [0, 0.1) is 0 Å². The number of nitrogens with zero attached hydrogens (tertiary/aromatic N) is 1. The van der Waals surface area contributed by atoms with Crippen LogP contribution in [0.3, 0.4) is 0 Å². The maximum atomic E-state index is 12.4. The van der Waals surface area contributed by atoms with Gasteiger partial charge in [0.2, 0.25) is 0 Å². The molecule has 0 aromatic carbocycles. The van der Waals surface area contributed by atoms with E-state index in [0.29, 0.717) is 0 Å². The molecule has 2 atom stereocenters. The summed E-state index contributed by atoms with van der Waals surface area (Å²) in [7, 11) is 0. The van der Waals surface area contributed by atoms with Gasteiger partial charge in [-0.1, -0.05) is 6.92 Å². The molecule has 0 spiro atoms. The molecule has 1 aromatic rings. The van der Waals surface area contributed by atoms with E-state index in [4.69, 9.17) is 16.3 Å². The van der Waals surface area contributed by atoms with Crippen molar-refractivity contribution in [3.05, 3.63) is 33.2 Å². The van der Waals surface area contributed by atoms with Crippen LogP contribution in [-0.2, 0) is 28.3 Å². The Labute approximate surface area is 118 Å². The smallest absolute Gasteiger partial charge is 0.343 e. The lowest BCUT2D eigenvalue weighted by Gasteiger charge is -2.31. The van der Waals surface area contributed by atoms with Crippen molar-refractivity contribution in [2.24, 2.45) is 0 Å². The average molecular weight is 298 g/mol. The number of aromatic nitrogens is 1. The van der Waals surface area contributed by atoms with Crippen LogP contribution in [0.2, 0.25) is 0 Å². The molecule has 0 amide bonds. The molecule has 0 aliphatic carbocycles. The lowest BCUT2D eigenvalue weighted by Crippen LogP contribution is -2.44. The number of alkyl halides is 1. The van der Waals surface area contributed by atoms with Crippen LogP contribution in [-0.4, -0.2) is 26.8 Å². The van der Waals surface area contributed by atoms with Crippen molar-refractivity contribution >= 4 is 23.4 Å². The zero-order valence-corrected chi connectivity index (χ0v) is 11.4. The molecular weight excluding hydrogens is 286 g/mol. The molecule has 0 radical (unpaired) electrons. The van der Waals surface area contributed by atoms with Crippen molar-refractivity contribution in [2.75, 3.05) is 0 Å². The van der Waals surface area contributed by atoms with E-state index in [1.54, 1.807) is 6.92 Å². The first-order chi connectivity index (χ1) is 9.40. The van der Waals surface area contributed by atoms with Gasteiger partial charge in [0.1, 0.15) is 12.0 Å². The minimum absolute atomic E-state index is 0.0558. The highest BCUT2D eigenvalue weighted by molar-refractivity contribution is 6.34. The number of ketones is 1. The van der Waals surface area contributed by atoms with Crippen LogP contribution in [0.4, 0.5) is 0 Å². The number of carbonyl (C=O) groups is 2. The van der Waals surface area contributed by atoms with Gasteiger partial charge >= 0.3 is 5.97 Å². The maximum Gasteiger partial charge on any atom is 0.343 e. The SMILES string of the molecule is CCC1(O)C(=O)OCc2c1cc1n(c2=O)CC(Cl)C1=O. The molecule has 6 nitrogen and oxygen atoms in total. The summed E-state index contributed by atoms with van der Waals surface area (Å²) in [5.74, 6) is -1.17. The Hall–Kier alpha value is -1.66. The summed E-state index contributed by atoms with van der Waals surface area (Å²) in [5, 5.41) is 9.65. The topological polar surface area (TPSA) is 85.6 Å². The van der Waals surface area contributed by atoms with Crippen molar-refractivity contribution in [3.63, 3.8) is 0 Å². The van der Waals surface area contributed by atoms with Gasteiger partial charge in [-0.05, 0) is 12.5 Å². The van der Waals surface area contributed by atoms with Crippen LogP contribution in [0.15, 0.2) is 10.9 Å². The van der Waals surface area contributed by atoms with E-state index in [-0.39, 0.29) is 42.2 Å². The van der Waals surface area contributed by atoms with Crippen LogP contribution >= 0.6 is 11.6 Å². The lowest BCUT2D eigenvalue weighted by molar-refractivity contribution is -0.172. The molecule has 0 saturated carbocycles. The molecule has 2 aliphatic rings. The third-order valence-corrected chi connectivity index (χ3v) is 4.26. The monoisotopic (exact) mass is 297 g/mol. The molecular formula is C13H12ClNO5. The number of Topliss-reactive ketones (excluding diaryl/α,β-unsaturated/α-hetero) is 1. The Morgan fingerprint density at radius 1 is 1.50 bits per heavy atom. The summed E-state index contributed by atoms with van der Waals surface area (Å²) in [6, 6.07) is 1.39. The van der Waals surface area contributed by atoms with E-state index in [1.165, 1.54) is 10.6 Å². The average Bonchev–Trinajstić information content (AvgIpc) is 2.72. The Balaban J connectivity index is 2.31. The molecule has 3 rings (SSSR count). The molecule has 0 saturated heterocycles. The number of pyridine rings is 1. The van der Waals surface area contributed by atoms with Crippen molar-refractivity contribution < 1.29 is 19.4 Å². The number of ether oxygens (including phenoxy) is 1. The second-order valence-corrected chi connectivity index (χ2v) is 5.49. The fraction of sp³-hybridized carbons (Fsp3) is 0.462. The first kappa shape index (κ1) is 13.3. The fourth-order valence-corrected chi connectivity index (χ4v) is 2.94. The summed E-state index contributed by atoms with van der Waals surface area (Å²) in [6.07, 6.45) is 0.0558. The third-order valence-electron chi connectivity index (χ3n) is 3.92. The second-order valence-electron chi connectivity index (χ2n) is 4.96. The number of fused-ring (bicyclic) bond motifs is 2. The third kappa shape index (κ3) is 1.52. The van der Waals surface area contributed by atoms with Gasteiger partial charge in [0.15, 0.2) is 11.4 Å². The number of hydrogen-bond acceptors (Lipinski definition) is 5. The first-order valence-electron chi connectivity index (χ1n) is 6.25. The van der Waals surface area contributed by atoms with Gasteiger partial charge < -0.3 is 14.4 Å². The Kier molecular flexibility index (Phi) is 2.78. The number of rotatable bonds is 1. The summed E-state index contributed by atoms with van der Waals surface area (Å²) in [4.78, 5) is 36.1. The molecule has 2 unspecified atom stereocenters. The fourth-order valence-electron chi connectivity index (χ4n) is 2.69. The number of aliphatic hydroxyl groups is 1. The van der Waals surface area contributed by atoms with Gasteiger partial charge in [0, 0.05) is 5.56 Å². The summed E-state index contributed by atoms with van der Waals surface area (Å²) in [6.45, 7) is 1.50. The zero-order chi connectivity index (χ0) is 14.7. The Bertz CT molecular complexity index is 695. The minimum Gasteiger partial charge on any atom is -0.458 e. The summed E-state index contributed by atoms with van der Waals surface area (Å²) in [5.41, 5.74) is -1.82. The maximum absolute atomic E-state index is 12.4. The van der Waals surface area contributed by atoms with Crippen LogP contribution in [0.1, 0.15) is 35.0 Å². The standard InChI is InChI=1S/C13H12ClNO5/c1-2-13(19)7-3-9-10(16)8(14)4-15(9)11(17)6(7)5-20-12(13)18/h3,8,19H,2,4-5H2,1H3. The van der Waals surface area contributed by atoms with E-state index < -0.39 is 22.5 Å². The zero-order valence-electron chi connectivity index (χ0n) is 10.7. The minimum atomic E-state index is -1.88. The highest BCUT2D eigenvalue weighted by atomic mass is 35.5. The van der Waals surface area contributed by atoms with Gasteiger partial charge in [-0.3, -0.25) is 9.59 Å². The van der Waals surface area contributed by atoms with E-state index in [1.807, 2.05) is 0 Å². The predicted molar refractivity (Wildman–Crippen MR) is 68.7 cm³/mol. The largest absolute Gasteiger partial charge is 0.458 e. The second kappa shape index (κ2) is 4.17. The molecule has 7 heteroatoms. The predicted octanol–water partition coefficient (Wildman–Crippen LogP) is 0.306. The van der Waals surface area contributed by atoms with Gasteiger partial charge in [0.05, 0.1) is 17.8 Å². The number of halogens is 1. The number of esters is 1. The molecule has 20 heavy (non-hydrogen) atoms. The van der Waals surface area contributed by atoms with Gasteiger partial charge in [-0.2, -0.15) is 0 Å². The van der Waals surface area contributed by atoms with Crippen molar-refractivity contribution in [2.45, 2.75) is 37.5 Å². The molecule has 0 bridgehead atoms. The van der Waals surface area contributed by atoms with E-state index in [9.17, 15) is 19.5 Å². The highest BCUT2D eigenvalue weighted by Gasteiger charge is 2.46. The molecule has 106 valence electrons. The van der Waals surface area contributed by atoms with Crippen molar-refractivity contribution in [3.8, 4) is 0 Å². The normalized spacial score (nSPS) is 28.1. The van der Waals surface area contributed by atoms with E-state index in [2.05, 4.69) is 0 Å². The Morgan fingerprint density at radius 3 is 2.85 bits per heavy atom. The van der Waals surface area contributed by atoms with Crippen molar-refractivity contribution in [1.29, 1.82) is 0 Å². The Morgan fingerprint density at radius 2 is 2.20 bits per heavy atom. The lowest BCUT2D eigenvalue weighted by atomic mass is 9.86. The molecule has 1 aromatic heterocycles. The highest BCUT2D eigenvalue weighted by Crippen LogP contribution is 2.34. The van der Waals surface area contributed by atoms with E-state index in [0.717, 1.165) is 0 Å².